The number of benzene rings is 2. The molecule has 0 fully saturated rings. The number of aliphatic hydroxyl groups is 1. The maximum absolute atomic E-state index is 13.0. The molecule has 3 aromatic rings. The second-order valence-corrected chi connectivity index (χ2v) is 8.19. The Morgan fingerprint density at radius 2 is 1.78 bits per heavy atom. The molecule has 1 aromatic heterocycles. The summed E-state index contributed by atoms with van der Waals surface area (Å²) in [5.74, 6) is -0.768. The van der Waals surface area contributed by atoms with Gasteiger partial charge in [-0.3, -0.25) is 9.59 Å². The fraction of sp³-hybridized carbons (Fsp3) is 0.227. The summed E-state index contributed by atoms with van der Waals surface area (Å²) in [6, 6.07) is 13.1. The SMILES string of the molecule is O=C(CSc1ncc(CO)n1CC(=O)NCc1ccc(F)cc1)NCc1ccccc1Cl. The maximum Gasteiger partial charge on any atom is 0.240 e. The van der Waals surface area contributed by atoms with E-state index in [0.717, 1.165) is 22.9 Å². The van der Waals surface area contributed by atoms with Crippen molar-refractivity contribution >= 4 is 35.2 Å². The number of aromatic nitrogens is 2. The Kier molecular flexibility index (Phi) is 8.66. The van der Waals surface area contributed by atoms with Gasteiger partial charge in [0.25, 0.3) is 0 Å². The van der Waals surface area contributed by atoms with Gasteiger partial charge in [-0.2, -0.15) is 0 Å². The molecular weight excluding hydrogens is 455 g/mol. The Balaban J connectivity index is 1.53. The minimum absolute atomic E-state index is 0.0688. The molecule has 2 aromatic carbocycles. The third kappa shape index (κ3) is 6.81. The number of carbonyl (C=O) groups excluding carboxylic acids is 2. The molecule has 0 spiro atoms. The Labute approximate surface area is 194 Å². The number of thioether (sulfide) groups is 1. The van der Waals surface area contributed by atoms with Gasteiger partial charge in [0.2, 0.25) is 11.8 Å². The predicted octanol–water partition coefficient (Wildman–Crippen LogP) is 2.89. The number of rotatable bonds is 10. The van der Waals surface area contributed by atoms with Gasteiger partial charge in [0.05, 0.1) is 24.3 Å². The first-order chi connectivity index (χ1) is 15.5. The summed E-state index contributed by atoms with van der Waals surface area (Å²) in [6.07, 6.45) is 1.47. The van der Waals surface area contributed by atoms with E-state index >= 15 is 0 Å². The number of nitrogens with one attached hydrogen (secondary N) is 2. The molecule has 0 aliphatic rings. The van der Waals surface area contributed by atoms with Crippen molar-refractivity contribution in [1.29, 1.82) is 0 Å². The van der Waals surface area contributed by atoms with E-state index in [1.807, 2.05) is 18.2 Å². The van der Waals surface area contributed by atoms with Crippen LogP contribution in [-0.2, 0) is 35.8 Å². The molecule has 32 heavy (non-hydrogen) atoms. The molecule has 3 rings (SSSR count). The third-order valence-corrected chi connectivity index (χ3v) is 5.89. The fourth-order valence-electron chi connectivity index (χ4n) is 2.82. The lowest BCUT2D eigenvalue weighted by Gasteiger charge is -2.11. The fourth-order valence-corrected chi connectivity index (χ4v) is 3.85. The van der Waals surface area contributed by atoms with Gasteiger partial charge in [-0.25, -0.2) is 9.37 Å². The minimum atomic E-state index is -0.344. The second kappa shape index (κ2) is 11.7. The van der Waals surface area contributed by atoms with Crippen LogP contribution in [-0.4, -0.2) is 32.2 Å². The molecule has 0 aliphatic carbocycles. The van der Waals surface area contributed by atoms with Crippen LogP contribution in [0.1, 0.15) is 16.8 Å². The minimum Gasteiger partial charge on any atom is -0.390 e. The zero-order valence-electron chi connectivity index (χ0n) is 17.1. The molecule has 2 amide bonds. The van der Waals surface area contributed by atoms with E-state index < -0.39 is 0 Å². The van der Waals surface area contributed by atoms with Gasteiger partial charge in [0.1, 0.15) is 12.4 Å². The molecule has 0 saturated carbocycles. The quantitative estimate of drug-likeness (QED) is 0.391. The lowest BCUT2D eigenvalue weighted by Crippen LogP contribution is -2.28. The van der Waals surface area contributed by atoms with Crippen molar-refractivity contribution < 1.29 is 19.1 Å². The summed E-state index contributed by atoms with van der Waals surface area (Å²) in [5.41, 5.74) is 2.04. The second-order valence-electron chi connectivity index (χ2n) is 6.84. The van der Waals surface area contributed by atoms with Crippen LogP contribution in [0.15, 0.2) is 59.9 Å². The average Bonchev–Trinajstić information content (AvgIpc) is 3.18. The maximum atomic E-state index is 13.0. The zero-order chi connectivity index (χ0) is 22.9. The van der Waals surface area contributed by atoms with Gasteiger partial charge < -0.3 is 20.3 Å². The van der Waals surface area contributed by atoms with E-state index in [0.29, 0.717) is 22.4 Å². The third-order valence-electron chi connectivity index (χ3n) is 4.53. The molecular formula is C22H22ClFN4O3S. The molecule has 168 valence electrons. The van der Waals surface area contributed by atoms with Crippen LogP contribution in [0.3, 0.4) is 0 Å². The van der Waals surface area contributed by atoms with Crippen molar-refractivity contribution in [2.75, 3.05) is 5.75 Å². The number of amides is 2. The first-order valence-electron chi connectivity index (χ1n) is 9.75. The first-order valence-corrected chi connectivity index (χ1v) is 11.1. The summed E-state index contributed by atoms with van der Waals surface area (Å²) in [6.45, 7) is 0.189. The van der Waals surface area contributed by atoms with E-state index in [2.05, 4.69) is 15.6 Å². The lowest BCUT2D eigenvalue weighted by molar-refractivity contribution is -0.122. The Morgan fingerprint density at radius 1 is 1.06 bits per heavy atom. The van der Waals surface area contributed by atoms with E-state index in [1.165, 1.54) is 18.3 Å². The molecule has 0 aliphatic heterocycles. The number of aliphatic hydroxyl groups excluding tert-OH is 1. The number of hydrogen-bond donors (Lipinski definition) is 3. The standard InChI is InChI=1S/C22H22ClFN4O3S/c23-19-4-2-1-3-16(19)10-26-21(31)14-32-22-27-11-18(13-29)28(22)12-20(30)25-9-15-5-7-17(24)8-6-15/h1-8,11,29H,9-10,12-14H2,(H,25,30)(H,26,31). The average molecular weight is 477 g/mol. The predicted molar refractivity (Wildman–Crippen MR) is 120 cm³/mol. The Hall–Kier alpha value is -2.88. The van der Waals surface area contributed by atoms with Crippen LogP contribution in [0.5, 0.6) is 0 Å². The largest absolute Gasteiger partial charge is 0.390 e. The van der Waals surface area contributed by atoms with Crippen molar-refractivity contribution in [2.24, 2.45) is 0 Å². The van der Waals surface area contributed by atoms with Crippen molar-refractivity contribution in [2.45, 2.75) is 31.4 Å². The van der Waals surface area contributed by atoms with Crippen LogP contribution < -0.4 is 10.6 Å². The Morgan fingerprint density at radius 3 is 2.50 bits per heavy atom. The zero-order valence-corrected chi connectivity index (χ0v) is 18.6. The van der Waals surface area contributed by atoms with E-state index in [-0.39, 0.29) is 43.1 Å². The van der Waals surface area contributed by atoms with Crippen molar-refractivity contribution in [3.05, 3.63) is 82.4 Å². The van der Waals surface area contributed by atoms with E-state index in [9.17, 15) is 19.1 Å². The summed E-state index contributed by atoms with van der Waals surface area (Å²) in [5, 5.41) is 16.1. The number of halogens is 2. The van der Waals surface area contributed by atoms with Crippen molar-refractivity contribution in [3.63, 3.8) is 0 Å². The number of carbonyl (C=O) groups is 2. The first kappa shape index (κ1) is 23.8. The van der Waals surface area contributed by atoms with Crippen LogP contribution in [0.2, 0.25) is 5.02 Å². The van der Waals surface area contributed by atoms with Gasteiger partial charge in [0, 0.05) is 18.1 Å². The van der Waals surface area contributed by atoms with Crippen molar-refractivity contribution in [3.8, 4) is 0 Å². The monoisotopic (exact) mass is 476 g/mol. The summed E-state index contributed by atoms with van der Waals surface area (Å²) in [4.78, 5) is 28.8. The number of imidazole rings is 1. The smallest absolute Gasteiger partial charge is 0.240 e. The molecule has 1 heterocycles. The molecule has 10 heteroatoms. The molecule has 3 N–H and O–H groups in total. The highest BCUT2D eigenvalue weighted by Crippen LogP contribution is 2.19. The topological polar surface area (TPSA) is 96.2 Å². The van der Waals surface area contributed by atoms with Gasteiger partial charge >= 0.3 is 0 Å². The summed E-state index contributed by atoms with van der Waals surface area (Å²) < 4.78 is 14.6. The highest BCUT2D eigenvalue weighted by Gasteiger charge is 2.15. The van der Waals surface area contributed by atoms with Crippen LogP contribution in [0.25, 0.3) is 0 Å². The van der Waals surface area contributed by atoms with Gasteiger partial charge in [-0.05, 0) is 29.3 Å². The highest BCUT2D eigenvalue weighted by molar-refractivity contribution is 7.99. The van der Waals surface area contributed by atoms with Crippen LogP contribution >= 0.6 is 23.4 Å². The molecule has 7 nitrogen and oxygen atoms in total. The van der Waals surface area contributed by atoms with Crippen molar-refractivity contribution in [1.82, 2.24) is 20.2 Å². The molecule has 0 unspecified atom stereocenters. The number of nitrogens with zero attached hydrogens (tertiary/aromatic N) is 2. The van der Waals surface area contributed by atoms with E-state index in [4.69, 9.17) is 11.6 Å². The Bertz CT molecular complexity index is 1080. The van der Waals surface area contributed by atoms with Gasteiger partial charge in [-0.15, -0.1) is 0 Å². The van der Waals surface area contributed by atoms with E-state index in [1.54, 1.807) is 22.8 Å². The normalized spacial score (nSPS) is 10.7. The summed E-state index contributed by atoms with van der Waals surface area (Å²) in [7, 11) is 0. The number of hydrogen-bond acceptors (Lipinski definition) is 5. The van der Waals surface area contributed by atoms with Crippen LogP contribution in [0, 0.1) is 5.82 Å². The van der Waals surface area contributed by atoms with Gasteiger partial charge in [-0.1, -0.05) is 53.7 Å². The highest BCUT2D eigenvalue weighted by atomic mass is 35.5. The molecule has 0 saturated heterocycles. The van der Waals surface area contributed by atoms with Gasteiger partial charge in [0.15, 0.2) is 5.16 Å². The molecule has 0 atom stereocenters. The molecule has 0 radical (unpaired) electrons. The van der Waals surface area contributed by atoms with Crippen LogP contribution in [0.4, 0.5) is 4.39 Å². The lowest BCUT2D eigenvalue weighted by atomic mass is 10.2. The molecule has 0 bridgehead atoms. The summed E-state index contributed by atoms with van der Waals surface area (Å²) >= 11 is 7.26.